The Bertz CT molecular complexity index is 711. The maximum absolute atomic E-state index is 12.4. The summed E-state index contributed by atoms with van der Waals surface area (Å²) in [6.45, 7) is 1.52. The lowest BCUT2D eigenvalue weighted by Gasteiger charge is -2.12. The minimum absolute atomic E-state index is 0.00661. The number of ketones is 1. The van der Waals surface area contributed by atoms with E-state index in [2.05, 4.69) is 5.32 Å². The fourth-order valence-corrected chi connectivity index (χ4v) is 3.65. The Morgan fingerprint density at radius 2 is 1.95 bits per heavy atom. The molecule has 0 radical (unpaired) electrons. The Balaban J connectivity index is 1.79. The summed E-state index contributed by atoms with van der Waals surface area (Å²) in [7, 11) is 0. The SMILES string of the molecule is CC(=O)c1cccc(NC(=O)C2CSc3ccccc32)c1. The van der Waals surface area contributed by atoms with Gasteiger partial charge in [0.05, 0.1) is 5.92 Å². The summed E-state index contributed by atoms with van der Waals surface area (Å²) in [5.41, 5.74) is 2.36. The second kappa shape index (κ2) is 5.74. The highest BCUT2D eigenvalue weighted by atomic mass is 32.2. The van der Waals surface area contributed by atoms with E-state index >= 15 is 0 Å². The average molecular weight is 297 g/mol. The monoisotopic (exact) mass is 297 g/mol. The predicted molar refractivity (Wildman–Crippen MR) is 85.0 cm³/mol. The van der Waals surface area contributed by atoms with Gasteiger partial charge in [-0.3, -0.25) is 9.59 Å². The third-order valence-corrected chi connectivity index (χ3v) is 4.74. The molecule has 21 heavy (non-hydrogen) atoms. The van der Waals surface area contributed by atoms with Crippen LogP contribution in [-0.2, 0) is 4.79 Å². The highest BCUT2D eigenvalue weighted by molar-refractivity contribution is 7.99. The summed E-state index contributed by atoms with van der Waals surface area (Å²) >= 11 is 1.71. The minimum Gasteiger partial charge on any atom is -0.326 e. The van der Waals surface area contributed by atoms with Gasteiger partial charge in [-0.2, -0.15) is 0 Å². The van der Waals surface area contributed by atoms with E-state index in [1.165, 1.54) is 11.8 Å². The molecular weight excluding hydrogens is 282 g/mol. The number of anilines is 1. The van der Waals surface area contributed by atoms with E-state index in [0.29, 0.717) is 11.3 Å². The molecule has 1 heterocycles. The second-order valence-electron chi connectivity index (χ2n) is 5.03. The fourth-order valence-electron chi connectivity index (χ4n) is 2.42. The number of hydrogen-bond acceptors (Lipinski definition) is 3. The molecular formula is C17H15NO2S. The number of hydrogen-bond donors (Lipinski definition) is 1. The summed E-state index contributed by atoms with van der Waals surface area (Å²) in [4.78, 5) is 25.0. The molecule has 1 aliphatic heterocycles. The Hall–Kier alpha value is -2.07. The van der Waals surface area contributed by atoms with Crippen LogP contribution >= 0.6 is 11.8 Å². The lowest BCUT2D eigenvalue weighted by Crippen LogP contribution is -2.21. The Labute approximate surface area is 127 Å². The largest absolute Gasteiger partial charge is 0.326 e. The molecule has 2 aromatic carbocycles. The minimum atomic E-state index is -0.132. The average Bonchev–Trinajstić information content (AvgIpc) is 2.91. The van der Waals surface area contributed by atoms with Crippen molar-refractivity contribution in [1.29, 1.82) is 0 Å². The lowest BCUT2D eigenvalue weighted by molar-refractivity contribution is -0.117. The van der Waals surface area contributed by atoms with Gasteiger partial charge in [0.1, 0.15) is 0 Å². The van der Waals surface area contributed by atoms with Crippen LogP contribution in [0.5, 0.6) is 0 Å². The molecule has 4 heteroatoms. The number of fused-ring (bicyclic) bond motifs is 1. The fraction of sp³-hybridized carbons (Fsp3) is 0.176. The van der Waals surface area contributed by atoms with Crippen molar-refractivity contribution in [3.63, 3.8) is 0 Å². The van der Waals surface area contributed by atoms with Gasteiger partial charge < -0.3 is 5.32 Å². The molecule has 0 saturated heterocycles. The summed E-state index contributed by atoms with van der Waals surface area (Å²) < 4.78 is 0. The zero-order chi connectivity index (χ0) is 14.8. The zero-order valence-electron chi connectivity index (χ0n) is 11.6. The molecule has 0 bridgehead atoms. The van der Waals surface area contributed by atoms with Gasteiger partial charge in [-0.15, -0.1) is 11.8 Å². The van der Waals surface area contributed by atoms with Gasteiger partial charge >= 0.3 is 0 Å². The summed E-state index contributed by atoms with van der Waals surface area (Å²) in [6, 6.07) is 15.0. The molecule has 1 atom stereocenters. The van der Waals surface area contributed by atoms with Crippen LogP contribution < -0.4 is 5.32 Å². The van der Waals surface area contributed by atoms with E-state index in [1.807, 2.05) is 24.3 Å². The zero-order valence-corrected chi connectivity index (χ0v) is 12.4. The van der Waals surface area contributed by atoms with E-state index in [1.54, 1.807) is 36.0 Å². The van der Waals surface area contributed by atoms with E-state index in [-0.39, 0.29) is 17.6 Å². The first-order chi connectivity index (χ1) is 10.1. The van der Waals surface area contributed by atoms with Gasteiger partial charge in [0.2, 0.25) is 5.91 Å². The first-order valence-corrected chi connectivity index (χ1v) is 7.77. The Morgan fingerprint density at radius 3 is 2.76 bits per heavy atom. The number of thioether (sulfide) groups is 1. The van der Waals surface area contributed by atoms with Crippen LogP contribution in [0.25, 0.3) is 0 Å². The number of carbonyl (C=O) groups is 2. The van der Waals surface area contributed by atoms with Crippen LogP contribution in [0.1, 0.15) is 28.8 Å². The highest BCUT2D eigenvalue weighted by Gasteiger charge is 2.28. The molecule has 0 spiro atoms. The first kappa shape index (κ1) is 13.9. The third-order valence-electron chi connectivity index (χ3n) is 3.55. The van der Waals surface area contributed by atoms with Crippen LogP contribution in [0.3, 0.4) is 0 Å². The summed E-state index contributed by atoms with van der Waals surface area (Å²) in [5.74, 6) is 0.602. The van der Waals surface area contributed by atoms with E-state index in [0.717, 1.165) is 11.3 Å². The molecule has 2 aromatic rings. The molecule has 1 amide bonds. The van der Waals surface area contributed by atoms with Gasteiger partial charge in [-0.05, 0) is 30.7 Å². The summed E-state index contributed by atoms with van der Waals surface area (Å²) in [6.07, 6.45) is 0. The molecule has 0 aliphatic carbocycles. The Kier molecular flexibility index (Phi) is 3.80. The molecule has 0 aromatic heterocycles. The number of carbonyl (C=O) groups excluding carboxylic acids is 2. The van der Waals surface area contributed by atoms with Crippen molar-refractivity contribution in [2.45, 2.75) is 17.7 Å². The van der Waals surface area contributed by atoms with Crippen molar-refractivity contribution in [3.8, 4) is 0 Å². The third kappa shape index (κ3) is 2.85. The maximum Gasteiger partial charge on any atom is 0.232 e. The lowest BCUT2D eigenvalue weighted by atomic mass is 10.0. The molecule has 0 saturated carbocycles. The van der Waals surface area contributed by atoms with E-state index < -0.39 is 0 Å². The molecule has 106 valence electrons. The maximum atomic E-state index is 12.4. The normalized spacial score (nSPS) is 16.3. The van der Waals surface area contributed by atoms with Gasteiger partial charge in [-0.1, -0.05) is 30.3 Å². The van der Waals surface area contributed by atoms with E-state index in [9.17, 15) is 9.59 Å². The molecule has 1 unspecified atom stereocenters. The molecule has 3 rings (SSSR count). The number of Topliss-reactive ketones (excluding diaryl/α,β-unsaturated/α-hetero) is 1. The van der Waals surface area contributed by atoms with Crippen molar-refractivity contribution < 1.29 is 9.59 Å². The Morgan fingerprint density at radius 1 is 1.14 bits per heavy atom. The molecule has 3 nitrogen and oxygen atoms in total. The van der Waals surface area contributed by atoms with Crippen molar-refractivity contribution in [3.05, 3.63) is 59.7 Å². The predicted octanol–water partition coefficient (Wildman–Crippen LogP) is 3.72. The van der Waals surface area contributed by atoms with Gasteiger partial charge in [0.15, 0.2) is 5.78 Å². The number of amides is 1. The van der Waals surface area contributed by atoms with Crippen molar-refractivity contribution in [2.24, 2.45) is 0 Å². The standard InChI is InChI=1S/C17H15NO2S/c1-11(19)12-5-4-6-13(9-12)18-17(20)15-10-21-16-8-3-2-7-14(15)16/h2-9,15H,10H2,1H3,(H,18,20). The van der Waals surface area contributed by atoms with Crippen LogP contribution in [0.2, 0.25) is 0 Å². The van der Waals surface area contributed by atoms with Crippen LogP contribution in [0, 0.1) is 0 Å². The van der Waals surface area contributed by atoms with Crippen LogP contribution in [-0.4, -0.2) is 17.4 Å². The van der Waals surface area contributed by atoms with Crippen LogP contribution in [0.4, 0.5) is 5.69 Å². The van der Waals surface area contributed by atoms with E-state index in [4.69, 9.17) is 0 Å². The number of nitrogens with one attached hydrogen (secondary N) is 1. The van der Waals surface area contributed by atoms with Crippen LogP contribution in [0.15, 0.2) is 53.4 Å². The molecule has 1 N–H and O–H groups in total. The smallest absolute Gasteiger partial charge is 0.232 e. The molecule has 1 aliphatic rings. The van der Waals surface area contributed by atoms with Gasteiger partial charge in [-0.25, -0.2) is 0 Å². The molecule has 0 fully saturated rings. The topological polar surface area (TPSA) is 46.2 Å². The second-order valence-corrected chi connectivity index (χ2v) is 6.09. The number of rotatable bonds is 3. The van der Waals surface area contributed by atoms with Crippen molar-refractivity contribution >= 4 is 29.1 Å². The van der Waals surface area contributed by atoms with Gasteiger partial charge in [0, 0.05) is 21.9 Å². The van der Waals surface area contributed by atoms with Crippen molar-refractivity contribution in [2.75, 3.05) is 11.1 Å². The number of benzene rings is 2. The first-order valence-electron chi connectivity index (χ1n) is 6.79. The quantitative estimate of drug-likeness (QED) is 0.878. The summed E-state index contributed by atoms with van der Waals surface area (Å²) in [5, 5.41) is 2.92. The van der Waals surface area contributed by atoms with Gasteiger partial charge in [0.25, 0.3) is 0 Å². The highest BCUT2D eigenvalue weighted by Crippen LogP contribution is 2.39. The van der Waals surface area contributed by atoms with Crippen molar-refractivity contribution in [1.82, 2.24) is 0 Å².